The molecule has 2 aliphatic heterocycles. The van der Waals surface area contributed by atoms with Crippen molar-refractivity contribution in [1.82, 2.24) is 10.2 Å². The first kappa shape index (κ1) is 22.7. The van der Waals surface area contributed by atoms with Crippen molar-refractivity contribution in [3.05, 3.63) is 59.2 Å². The van der Waals surface area contributed by atoms with Crippen LogP contribution >= 0.6 is 0 Å². The molecular formula is C27H37N3O2. The second kappa shape index (κ2) is 10.9. The van der Waals surface area contributed by atoms with Crippen molar-refractivity contribution in [2.75, 3.05) is 45.2 Å². The standard InChI is InChI=1S/C27H37N3O2/c1-29-16-6-7-22-19-23(11-14-25(22)29)26(30-17-4-3-5-18-30)20-28-27(31)15-10-21-8-12-24(32-2)13-9-21/h8-9,11-14,19,26H,3-7,10,15-18,20H2,1-2H3,(H,28,31). The molecule has 1 unspecified atom stereocenters. The van der Waals surface area contributed by atoms with E-state index in [4.69, 9.17) is 4.74 Å². The maximum Gasteiger partial charge on any atom is 0.220 e. The number of ether oxygens (including phenoxy) is 1. The highest BCUT2D eigenvalue weighted by Crippen LogP contribution is 2.31. The maximum absolute atomic E-state index is 12.7. The van der Waals surface area contributed by atoms with Crippen LogP contribution < -0.4 is 15.0 Å². The molecule has 2 aromatic carbocycles. The number of rotatable bonds is 8. The number of methoxy groups -OCH3 is 1. The zero-order chi connectivity index (χ0) is 22.3. The second-order valence-corrected chi connectivity index (χ2v) is 9.18. The van der Waals surface area contributed by atoms with Crippen LogP contribution in [-0.2, 0) is 17.6 Å². The molecule has 4 rings (SSSR count). The minimum absolute atomic E-state index is 0.125. The molecule has 0 bridgehead atoms. The van der Waals surface area contributed by atoms with Gasteiger partial charge in [0.1, 0.15) is 5.75 Å². The number of nitrogens with zero attached hydrogens (tertiary/aromatic N) is 2. The zero-order valence-electron chi connectivity index (χ0n) is 19.6. The molecule has 1 amide bonds. The second-order valence-electron chi connectivity index (χ2n) is 9.18. The van der Waals surface area contributed by atoms with Gasteiger partial charge in [-0.2, -0.15) is 0 Å². The molecule has 5 nitrogen and oxygen atoms in total. The number of aryl methyl sites for hydroxylation is 2. The van der Waals surface area contributed by atoms with Crippen LogP contribution in [0.2, 0.25) is 0 Å². The van der Waals surface area contributed by atoms with Crippen LogP contribution in [0.25, 0.3) is 0 Å². The Morgan fingerprint density at radius 3 is 2.56 bits per heavy atom. The van der Waals surface area contributed by atoms with Crippen molar-refractivity contribution in [2.45, 2.75) is 51.0 Å². The number of anilines is 1. The lowest BCUT2D eigenvalue weighted by Gasteiger charge is -2.36. The smallest absolute Gasteiger partial charge is 0.220 e. The Bertz CT molecular complexity index is 890. The number of carbonyl (C=O) groups excluding carboxylic acids is 1. The molecule has 0 saturated carbocycles. The Balaban J connectivity index is 1.40. The van der Waals surface area contributed by atoms with Crippen LogP contribution in [0.5, 0.6) is 5.75 Å². The number of fused-ring (bicyclic) bond motifs is 1. The van der Waals surface area contributed by atoms with Crippen molar-refractivity contribution in [3.63, 3.8) is 0 Å². The van der Waals surface area contributed by atoms with E-state index in [0.29, 0.717) is 13.0 Å². The average molecular weight is 436 g/mol. The van der Waals surface area contributed by atoms with E-state index in [1.807, 2.05) is 24.3 Å². The van der Waals surface area contributed by atoms with Gasteiger partial charge in [-0.05, 0) is 80.1 Å². The fourth-order valence-corrected chi connectivity index (χ4v) is 5.05. The summed E-state index contributed by atoms with van der Waals surface area (Å²) in [6.07, 6.45) is 7.42. The van der Waals surface area contributed by atoms with Gasteiger partial charge in [-0.15, -0.1) is 0 Å². The summed E-state index contributed by atoms with van der Waals surface area (Å²) in [5, 5.41) is 3.24. The van der Waals surface area contributed by atoms with E-state index >= 15 is 0 Å². The van der Waals surface area contributed by atoms with Gasteiger partial charge in [0.2, 0.25) is 5.91 Å². The molecule has 1 saturated heterocycles. The third-order valence-corrected chi connectivity index (χ3v) is 6.96. The molecule has 0 spiro atoms. The van der Waals surface area contributed by atoms with Crippen LogP contribution in [0.3, 0.4) is 0 Å². The Morgan fingerprint density at radius 1 is 1.03 bits per heavy atom. The summed E-state index contributed by atoms with van der Waals surface area (Å²) in [7, 11) is 3.85. The van der Waals surface area contributed by atoms with Gasteiger partial charge in [-0.3, -0.25) is 9.69 Å². The summed E-state index contributed by atoms with van der Waals surface area (Å²) >= 11 is 0. The SMILES string of the molecule is COc1ccc(CCC(=O)NCC(c2ccc3c(c2)CCCN3C)N2CCCCC2)cc1. The summed E-state index contributed by atoms with van der Waals surface area (Å²) in [6.45, 7) is 4.04. The maximum atomic E-state index is 12.7. The molecule has 0 aromatic heterocycles. The Kier molecular flexibility index (Phi) is 7.69. The first-order valence-electron chi connectivity index (χ1n) is 12.1. The van der Waals surface area contributed by atoms with E-state index in [2.05, 4.69) is 40.4 Å². The number of hydrogen-bond acceptors (Lipinski definition) is 4. The van der Waals surface area contributed by atoms with E-state index in [-0.39, 0.29) is 11.9 Å². The topological polar surface area (TPSA) is 44.8 Å². The highest BCUT2D eigenvalue weighted by atomic mass is 16.5. The Morgan fingerprint density at radius 2 is 1.81 bits per heavy atom. The van der Waals surface area contributed by atoms with Crippen LogP contribution in [0.15, 0.2) is 42.5 Å². The van der Waals surface area contributed by atoms with Gasteiger partial charge in [-0.25, -0.2) is 0 Å². The molecule has 2 aliphatic rings. The van der Waals surface area contributed by atoms with Gasteiger partial charge in [0.25, 0.3) is 0 Å². The van der Waals surface area contributed by atoms with Crippen molar-refractivity contribution < 1.29 is 9.53 Å². The minimum Gasteiger partial charge on any atom is -0.497 e. The Labute approximate surface area is 192 Å². The van der Waals surface area contributed by atoms with Crippen molar-refractivity contribution in [3.8, 4) is 5.75 Å². The lowest BCUT2D eigenvalue weighted by atomic mass is 9.95. The first-order valence-corrected chi connectivity index (χ1v) is 12.1. The minimum atomic E-state index is 0.125. The normalized spacial score (nSPS) is 17.5. The van der Waals surface area contributed by atoms with Crippen LogP contribution in [0, 0.1) is 0 Å². The molecule has 32 heavy (non-hydrogen) atoms. The molecule has 5 heteroatoms. The fourth-order valence-electron chi connectivity index (χ4n) is 5.05. The largest absolute Gasteiger partial charge is 0.497 e. The lowest BCUT2D eigenvalue weighted by Crippen LogP contribution is -2.40. The number of likely N-dealkylation sites (tertiary alicyclic amines) is 1. The monoisotopic (exact) mass is 435 g/mol. The quantitative estimate of drug-likeness (QED) is 0.669. The van der Waals surface area contributed by atoms with Crippen molar-refractivity contribution >= 4 is 11.6 Å². The van der Waals surface area contributed by atoms with E-state index in [1.54, 1.807) is 7.11 Å². The van der Waals surface area contributed by atoms with Crippen LogP contribution in [0.1, 0.15) is 54.8 Å². The van der Waals surface area contributed by atoms with Crippen molar-refractivity contribution in [2.24, 2.45) is 0 Å². The molecule has 1 atom stereocenters. The zero-order valence-corrected chi connectivity index (χ0v) is 19.6. The molecule has 1 N–H and O–H groups in total. The van der Waals surface area contributed by atoms with Crippen LogP contribution in [-0.4, -0.2) is 51.1 Å². The van der Waals surface area contributed by atoms with Crippen LogP contribution in [0.4, 0.5) is 5.69 Å². The van der Waals surface area contributed by atoms with Gasteiger partial charge < -0.3 is 15.0 Å². The number of carbonyl (C=O) groups is 1. The first-order chi connectivity index (χ1) is 15.6. The molecule has 2 aromatic rings. The summed E-state index contributed by atoms with van der Waals surface area (Å²) in [5.74, 6) is 0.972. The molecule has 1 fully saturated rings. The summed E-state index contributed by atoms with van der Waals surface area (Å²) < 4.78 is 5.21. The number of nitrogens with one attached hydrogen (secondary N) is 1. The number of hydrogen-bond donors (Lipinski definition) is 1. The summed E-state index contributed by atoms with van der Waals surface area (Å²) in [6, 6.07) is 15.2. The highest BCUT2D eigenvalue weighted by Gasteiger charge is 2.24. The lowest BCUT2D eigenvalue weighted by molar-refractivity contribution is -0.121. The molecule has 0 radical (unpaired) electrons. The molecule has 0 aliphatic carbocycles. The predicted molar refractivity (Wildman–Crippen MR) is 131 cm³/mol. The van der Waals surface area contributed by atoms with Crippen molar-refractivity contribution in [1.29, 1.82) is 0 Å². The number of amides is 1. The van der Waals surface area contributed by atoms with Gasteiger partial charge >= 0.3 is 0 Å². The van der Waals surface area contributed by atoms with Gasteiger partial charge in [-0.1, -0.05) is 30.7 Å². The third-order valence-electron chi connectivity index (χ3n) is 6.96. The van der Waals surface area contributed by atoms with E-state index in [9.17, 15) is 4.79 Å². The van der Waals surface area contributed by atoms with Gasteiger partial charge in [0.15, 0.2) is 0 Å². The van der Waals surface area contributed by atoms with Gasteiger partial charge in [0.05, 0.1) is 13.2 Å². The summed E-state index contributed by atoms with van der Waals surface area (Å²) in [4.78, 5) is 17.6. The summed E-state index contributed by atoms with van der Waals surface area (Å²) in [5.41, 5.74) is 5.31. The fraction of sp³-hybridized carbons (Fsp3) is 0.519. The van der Waals surface area contributed by atoms with E-state index in [1.165, 1.54) is 42.5 Å². The Hall–Kier alpha value is -2.53. The number of piperidine rings is 1. The highest BCUT2D eigenvalue weighted by molar-refractivity contribution is 5.76. The third kappa shape index (κ3) is 5.63. The predicted octanol–water partition coefficient (Wildman–Crippen LogP) is 4.35. The molecule has 172 valence electrons. The average Bonchev–Trinajstić information content (AvgIpc) is 2.84. The number of benzene rings is 2. The van der Waals surface area contributed by atoms with E-state index in [0.717, 1.165) is 43.8 Å². The van der Waals surface area contributed by atoms with E-state index < -0.39 is 0 Å². The molecule has 2 heterocycles. The molecular weight excluding hydrogens is 398 g/mol. The van der Waals surface area contributed by atoms with Gasteiger partial charge in [0, 0.05) is 32.2 Å².